The number of aliphatic hydroxyl groups excluding tert-OH is 1. The minimum atomic E-state index is -6.23. The number of nitrogens with zero attached hydrogens (tertiary/aromatic N) is 4. The fourth-order valence-electron chi connectivity index (χ4n) is 3.33. The highest BCUT2D eigenvalue weighted by Crippen LogP contribution is 2.46. The normalized spacial score (nSPS) is 12.8. The number of benzene rings is 1. The van der Waals surface area contributed by atoms with Gasteiger partial charge in [-0.3, -0.25) is 9.36 Å². The Morgan fingerprint density at radius 2 is 1.90 bits per heavy atom. The minimum Gasteiger partial charge on any atom is -0.618 e. The number of pyridine rings is 1. The number of halogens is 7. The van der Waals surface area contributed by atoms with Gasteiger partial charge >= 0.3 is 12.1 Å². The monoisotopic (exact) mass is 576 g/mol. The number of alkyl halides is 7. The lowest BCUT2D eigenvalue weighted by Gasteiger charge is -2.22. The Hall–Kier alpha value is -4.39. The van der Waals surface area contributed by atoms with E-state index in [0.717, 1.165) is 25.3 Å². The van der Waals surface area contributed by atoms with Crippen molar-refractivity contribution >= 4 is 0 Å². The third kappa shape index (κ3) is 6.09. The highest BCUT2D eigenvalue weighted by atomic mass is 19.4. The van der Waals surface area contributed by atoms with Crippen molar-refractivity contribution in [2.75, 3.05) is 6.61 Å². The first-order valence-corrected chi connectivity index (χ1v) is 11.1. The summed E-state index contributed by atoms with van der Waals surface area (Å²) in [5, 5.41) is 30.7. The minimum absolute atomic E-state index is 0.0256. The zero-order chi connectivity index (χ0) is 30.0. The molecule has 0 saturated carbocycles. The first kappa shape index (κ1) is 30.2. The summed E-state index contributed by atoms with van der Waals surface area (Å²) < 4.78 is 106. The van der Waals surface area contributed by atoms with Crippen LogP contribution in [0.25, 0.3) is 0 Å². The molecule has 9 nitrogen and oxygen atoms in total. The summed E-state index contributed by atoms with van der Waals surface area (Å²) in [4.78, 5) is 16.2. The van der Waals surface area contributed by atoms with Crippen molar-refractivity contribution in [3.8, 4) is 23.3 Å². The van der Waals surface area contributed by atoms with Gasteiger partial charge in [-0.15, -0.1) is 0 Å². The summed E-state index contributed by atoms with van der Waals surface area (Å²) in [6.07, 6.45) is -8.82. The molecule has 0 radical (unpaired) electrons. The molecule has 40 heavy (non-hydrogen) atoms. The van der Waals surface area contributed by atoms with E-state index in [0.29, 0.717) is 17.0 Å². The van der Waals surface area contributed by atoms with E-state index in [-0.39, 0.29) is 28.3 Å². The van der Waals surface area contributed by atoms with E-state index >= 15 is 0 Å². The molecule has 16 heteroatoms. The van der Waals surface area contributed by atoms with Crippen LogP contribution in [0.5, 0.6) is 17.2 Å². The second kappa shape index (κ2) is 11.4. The van der Waals surface area contributed by atoms with E-state index < -0.39 is 65.1 Å². The number of ether oxygens (including phenoxy) is 2. The van der Waals surface area contributed by atoms with Gasteiger partial charge in [-0.25, -0.2) is 13.8 Å². The van der Waals surface area contributed by atoms with Gasteiger partial charge in [0.1, 0.15) is 18.4 Å². The Morgan fingerprint density at radius 1 is 1.23 bits per heavy atom. The Balaban J connectivity index is 2.16. The van der Waals surface area contributed by atoms with Crippen molar-refractivity contribution in [3.05, 3.63) is 80.4 Å². The molecule has 0 aliphatic heterocycles. The summed E-state index contributed by atoms with van der Waals surface area (Å²) in [5.74, 6) is -8.10. The van der Waals surface area contributed by atoms with Crippen molar-refractivity contribution < 1.29 is 50.0 Å². The van der Waals surface area contributed by atoms with Crippen molar-refractivity contribution in [3.63, 3.8) is 0 Å². The fourth-order valence-corrected chi connectivity index (χ4v) is 3.33. The van der Waals surface area contributed by atoms with Crippen LogP contribution in [0.4, 0.5) is 30.7 Å². The number of hydrogen-bond acceptors (Lipinski definition) is 7. The molecule has 0 aliphatic carbocycles. The number of aromatic nitrogens is 3. The fraction of sp³-hybridized carbons (Fsp3) is 0.333. The maximum absolute atomic E-state index is 14.4. The predicted molar refractivity (Wildman–Crippen MR) is 121 cm³/mol. The molecule has 0 unspecified atom stereocenters. The van der Waals surface area contributed by atoms with Gasteiger partial charge in [-0.2, -0.15) is 31.9 Å². The Bertz CT molecular complexity index is 1500. The van der Waals surface area contributed by atoms with Crippen molar-refractivity contribution in [2.45, 2.75) is 45.0 Å². The molecule has 2 aromatic heterocycles. The van der Waals surface area contributed by atoms with E-state index in [2.05, 4.69) is 4.98 Å². The third-order valence-electron chi connectivity index (χ3n) is 5.51. The molecule has 0 spiro atoms. The van der Waals surface area contributed by atoms with Crippen LogP contribution in [-0.4, -0.2) is 33.5 Å². The van der Waals surface area contributed by atoms with Crippen molar-refractivity contribution in [1.82, 2.24) is 9.55 Å². The van der Waals surface area contributed by atoms with Gasteiger partial charge in [0.25, 0.3) is 12.0 Å². The molecule has 1 N–H and O–H groups in total. The lowest BCUT2D eigenvalue weighted by atomic mass is 10.0. The highest BCUT2D eigenvalue weighted by Gasteiger charge is 2.62. The average molecular weight is 576 g/mol. The second-order valence-corrected chi connectivity index (χ2v) is 8.43. The molecule has 0 saturated heterocycles. The molecule has 3 aromatic rings. The predicted octanol–water partition coefficient (Wildman–Crippen LogP) is 4.25. The van der Waals surface area contributed by atoms with E-state index in [9.17, 15) is 46.0 Å². The Labute approximate surface area is 220 Å². The van der Waals surface area contributed by atoms with Crippen LogP contribution in [-0.2, 0) is 12.5 Å². The zero-order valence-corrected chi connectivity index (χ0v) is 20.5. The van der Waals surface area contributed by atoms with Crippen LogP contribution in [0.1, 0.15) is 41.4 Å². The molecule has 1 aromatic carbocycles. The van der Waals surface area contributed by atoms with Gasteiger partial charge in [0.2, 0.25) is 17.6 Å². The lowest BCUT2D eigenvalue weighted by molar-refractivity contribution is -0.614. The largest absolute Gasteiger partial charge is 0.618 e. The van der Waals surface area contributed by atoms with E-state index in [1.165, 1.54) is 13.0 Å². The molecule has 1 atom stereocenters. The molecular formula is C24H19F7N4O5. The third-order valence-corrected chi connectivity index (χ3v) is 5.51. The van der Waals surface area contributed by atoms with Gasteiger partial charge in [0, 0.05) is 17.2 Å². The van der Waals surface area contributed by atoms with Crippen molar-refractivity contribution in [1.29, 1.82) is 5.26 Å². The van der Waals surface area contributed by atoms with Crippen LogP contribution >= 0.6 is 0 Å². The highest BCUT2D eigenvalue weighted by molar-refractivity contribution is 5.51. The van der Waals surface area contributed by atoms with Crippen LogP contribution < -0.4 is 19.8 Å². The first-order chi connectivity index (χ1) is 18.6. The zero-order valence-electron chi connectivity index (χ0n) is 20.5. The van der Waals surface area contributed by atoms with Crippen molar-refractivity contribution in [2.24, 2.45) is 0 Å². The molecular weight excluding hydrogens is 557 g/mol. The van der Waals surface area contributed by atoms with Crippen LogP contribution in [0.2, 0.25) is 0 Å². The van der Waals surface area contributed by atoms with E-state index in [4.69, 9.17) is 14.6 Å². The SMILES string of the molecule is Cc1c(C#N)cc(C(F)F)cc1Oc1c(C(F)(F)C(F)(F)F)ncn(Cc2ccc(O[C@H](C)CO)c[n+]2[O-])c1=O. The van der Waals surface area contributed by atoms with Gasteiger partial charge < -0.3 is 19.8 Å². The molecule has 0 aliphatic rings. The van der Waals surface area contributed by atoms with Crippen LogP contribution in [0, 0.1) is 23.5 Å². The quantitative estimate of drug-likeness (QED) is 0.230. The van der Waals surface area contributed by atoms with Crippen LogP contribution in [0.15, 0.2) is 41.6 Å². The molecule has 2 heterocycles. The average Bonchev–Trinajstić information content (AvgIpc) is 2.87. The number of aliphatic hydroxyl groups is 1. The molecule has 0 amide bonds. The number of hydrogen-bond donors (Lipinski definition) is 1. The Morgan fingerprint density at radius 3 is 2.45 bits per heavy atom. The standard InChI is InChI=1S/C24H19F7N4O5/c1-12(10-36)39-17-4-3-16(35(38)9-17)8-34-11-33-20(23(27,28)24(29,30)31)19(22(34)37)40-18-6-14(21(25)26)5-15(7-32)13(18)2/h3-6,9,11-12,21,36H,8,10H2,1-2H3/t12-/m1/s1. The summed E-state index contributed by atoms with van der Waals surface area (Å²) in [6.45, 7) is 1.58. The summed E-state index contributed by atoms with van der Waals surface area (Å²) in [6, 6.07) is 5.36. The number of nitriles is 1. The van der Waals surface area contributed by atoms with Gasteiger partial charge in [-0.05, 0) is 32.0 Å². The summed E-state index contributed by atoms with van der Waals surface area (Å²) in [5.41, 5.74) is -5.44. The van der Waals surface area contributed by atoms with Gasteiger partial charge in [0.05, 0.1) is 24.6 Å². The van der Waals surface area contributed by atoms with Gasteiger partial charge in [-0.1, -0.05) is 0 Å². The van der Waals surface area contributed by atoms with Gasteiger partial charge in [0.15, 0.2) is 11.4 Å². The second-order valence-electron chi connectivity index (χ2n) is 8.43. The number of rotatable bonds is 9. The molecule has 214 valence electrons. The molecule has 0 fully saturated rings. The lowest BCUT2D eigenvalue weighted by Crippen LogP contribution is -2.39. The van der Waals surface area contributed by atoms with E-state index in [1.54, 1.807) is 6.07 Å². The molecule has 0 bridgehead atoms. The van der Waals surface area contributed by atoms with Crippen LogP contribution in [0.3, 0.4) is 0 Å². The smallest absolute Gasteiger partial charge is 0.459 e. The summed E-state index contributed by atoms with van der Waals surface area (Å²) in [7, 11) is 0. The maximum Gasteiger partial charge on any atom is 0.459 e. The summed E-state index contributed by atoms with van der Waals surface area (Å²) >= 11 is 0. The topological polar surface area (TPSA) is 124 Å². The van der Waals surface area contributed by atoms with E-state index in [1.807, 2.05) is 0 Å². The maximum atomic E-state index is 14.4. The molecule has 3 rings (SSSR count). The first-order valence-electron chi connectivity index (χ1n) is 11.1. The Kier molecular flexibility index (Phi) is 8.58.